The highest BCUT2D eigenvalue weighted by Gasteiger charge is 2.24. The van der Waals surface area contributed by atoms with Gasteiger partial charge >= 0.3 is 5.97 Å². The molecule has 0 aromatic heterocycles. The topological polar surface area (TPSA) is 95.9 Å². The molecule has 0 spiro atoms. The molecule has 6 nitrogen and oxygen atoms in total. The number of rotatable bonds is 46. The standard InChI is InChI=1S/C52H99NO5/c1-4-7-10-13-16-19-22-24-26-29-32-35-38-41-44-50(55)49(47-54)53-51(56)46-48(43-40-37-34-31-28-21-18-15-12-9-6-3)58-52(57)45-42-39-36-33-30-27-25-23-20-17-14-11-8-5-2/h8,11,17,20,48-50,54-55H,4-7,9-10,12-16,18-19,21-47H2,1-3H3,(H,53,56)/b11-8+,20-17+. The van der Waals surface area contributed by atoms with Gasteiger partial charge in [0.2, 0.25) is 5.91 Å². The summed E-state index contributed by atoms with van der Waals surface area (Å²) in [5.41, 5.74) is 0. The van der Waals surface area contributed by atoms with Crippen molar-refractivity contribution in [3.8, 4) is 0 Å². The van der Waals surface area contributed by atoms with E-state index in [1.807, 2.05) is 0 Å². The number of unbranched alkanes of at least 4 members (excludes halogenated alkanes) is 30. The molecule has 0 aliphatic heterocycles. The van der Waals surface area contributed by atoms with Crippen molar-refractivity contribution in [3.63, 3.8) is 0 Å². The second kappa shape index (κ2) is 46.4. The number of carbonyl (C=O) groups excluding carboxylic acids is 2. The highest BCUT2D eigenvalue weighted by Crippen LogP contribution is 2.18. The van der Waals surface area contributed by atoms with Crippen molar-refractivity contribution in [2.75, 3.05) is 6.61 Å². The normalized spacial score (nSPS) is 13.4. The van der Waals surface area contributed by atoms with Crippen LogP contribution in [0.4, 0.5) is 0 Å². The molecule has 0 aromatic carbocycles. The van der Waals surface area contributed by atoms with E-state index in [0.29, 0.717) is 19.3 Å². The lowest BCUT2D eigenvalue weighted by atomic mass is 10.0. The van der Waals surface area contributed by atoms with E-state index in [-0.39, 0.29) is 24.9 Å². The Kier molecular flexibility index (Phi) is 45.1. The lowest BCUT2D eigenvalue weighted by Crippen LogP contribution is -2.46. The number of aliphatic hydroxyl groups is 2. The first-order chi connectivity index (χ1) is 28.5. The minimum absolute atomic E-state index is 0.0796. The van der Waals surface area contributed by atoms with Gasteiger partial charge in [-0.25, -0.2) is 0 Å². The molecule has 0 saturated carbocycles. The van der Waals surface area contributed by atoms with Crippen LogP contribution in [0.5, 0.6) is 0 Å². The third kappa shape index (κ3) is 41.1. The molecule has 342 valence electrons. The number of aliphatic hydroxyl groups excluding tert-OH is 2. The summed E-state index contributed by atoms with van der Waals surface area (Å²) in [6.07, 6.45) is 52.3. The van der Waals surface area contributed by atoms with Crippen molar-refractivity contribution in [1.29, 1.82) is 0 Å². The molecular weight excluding hydrogens is 719 g/mol. The second-order valence-electron chi connectivity index (χ2n) is 17.5. The number of amides is 1. The van der Waals surface area contributed by atoms with Gasteiger partial charge in [-0.3, -0.25) is 9.59 Å². The zero-order valence-corrected chi connectivity index (χ0v) is 38.9. The smallest absolute Gasteiger partial charge is 0.306 e. The summed E-state index contributed by atoms with van der Waals surface area (Å²) in [5.74, 6) is -0.471. The minimum Gasteiger partial charge on any atom is -0.462 e. The van der Waals surface area contributed by atoms with Crippen LogP contribution in [-0.4, -0.2) is 46.9 Å². The molecule has 3 N–H and O–H groups in total. The van der Waals surface area contributed by atoms with Crippen molar-refractivity contribution >= 4 is 11.9 Å². The maximum absolute atomic E-state index is 13.2. The summed E-state index contributed by atoms with van der Waals surface area (Å²) in [5, 5.41) is 23.8. The van der Waals surface area contributed by atoms with E-state index in [1.54, 1.807) is 0 Å². The molecule has 6 heteroatoms. The van der Waals surface area contributed by atoms with E-state index in [1.165, 1.54) is 161 Å². The molecule has 0 fully saturated rings. The van der Waals surface area contributed by atoms with Crippen molar-refractivity contribution < 1.29 is 24.5 Å². The molecule has 1 amide bonds. The van der Waals surface area contributed by atoms with Crippen LogP contribution in [0.1, 0.15) is 271 Å². The van der Waals surface area contributed by atoms with Gasteiger partial charge in [0.05, 0.1) is 25.2 Å². The van der Waals surface area contributed by atoms with E-state index in [2.05, 4.69) is 50.4 Å². The molecule has 0 bridgehead atoms. The summed E-state index contributed by atoms with van der Waals surface area (Å²) in [6.45, 7) is 6.39. The Hall–Kier alpha value is -1.66. The van der Waals surface area contributed by atoms with Gasteiger partial charge in [0.1, 0.15) is 6.10 Å². The summed E-state index contributed by atoms with van der Waals surface area (Å²) in [6, 6.07) is -0.697. The van der Waals surface area contributed by atoms with Gasteiger partial charge in [0.15, 0.2) is 0 Å². The number of esters is 1. The SMILES string of the molecule is CC/C=C/C/C=C/CCCCCCCCCC(=O)OC(CCCCCCCCCCCCC)CC(=O)NC(CO)C(O)CCCCCCCCCCCCCCCC. The van der Waals surface area contributed by atoms with Gasteiger partial charge in [0, 0.05) is 6.42 Å². The zero-order valence-electron chi connectivity index (χ0n) is 38.9. The van der Waals surface area contributed by atoms with Crippen LogP contribution in [-0.2, 0) is 14.3 Å². The number of ether oxygens (including phenoxy) is 1. The average molecular weight is 818 g/mol. The predicted molar refractivity (Wildman–Crippen MR) is 250 cm³/mol. The van der Waals surface area contributed by atoms with Gasteiger partial charge in [-0.1, -0.05) is 231 Å². The van der Waals surface area contributed by atoms with Gasteiger partial charge in [-0.05, 0) is 51.4 Å². The summed E-state index contributed by atoms with van der Waals surface area (Å²) in [4.78, 5) is 26.1. The number of carbonyl (C=O) groups is 2. The number of hydrogen-bond donors (Lipinski definition) is 3. The number of nitrogens with one attached hydrogen (secondary N) is 1. The molecule has 0 radical (unpaired) electrons. The Morgan fingerprint density at radius 3 is 1.40 bits per heavy atom. The lowest BCUT2D eigenvalue weighted by molar-refractivity contribution is -0.151. The first kappa shape index (κ1) is 56.3. The Morgan fingerprint density at radius 2 is 0.931 bits per heavy atom. The van der Waals surface area contributed by atoms with Crippen LogP contribution >= 0.6 is 0 Å². The molecule has 0 aliphatic rings. The molecular formula is C52H99NO5. The summed E-state index contributed by atoms with van der Waals surface area (Å²) >= 11 is 0. The first-order valence-corrected chi connectivity index (χ1v) is 25.6. The molecule has 58 heavy (non-hydrogen) atoms. The molecule has 0 rings (SSSR count). The molecule has 3 unspecified atom stereocenters. The molecule has 0 heterocycles. The van der Waals surface area contributed by atoms with E-state index in [0.717, 1.165) is 64.2 Å². The van der Waals surface area contributed by atoms with Crippen LogP contribution in [0, 0.1) is 0 Å². The van der Waals surface area contributed by atoms with Crippen LogP contribution in [0.15, 0.2) is 24.3 Å². The monoisotopic (exact) mass is 818 g/mol. The third-order valence-electron chi connectivity index (χ3n) is 11.8. The van der Waals surface area contributed by atoms with Gasteiger partial charge in [0.25, 0.3) is 0 Å². The van der Waals surface area contributed by atoms with Crippen molar-refractivity contribution in [2.24, 2.45) is 0 Å². The predicted octanol–water partition coefficient (Wildman–Crippen LogP) is 15.1. The fourth-order valence-corrected chi connectivity index (χ4v) is 7.94. The highest BCUT2D eigenvalue weighted by atomic mass is 16.5. The van der Waals surface area contributed by atoms with Gasteiger partial charge in [-0.2, -0.15) is 0 Å². The van der Waals surface area contributed by atoms with Crippen molar-refractivity contribution in [3.05, 3.63) is 24.3 Å². The van der Waals surface area contributed by atoms with E-state index < -0.39 is 18.2 Å². The minimum atomic E-state index is -0.784. The quantitative estimate of drug-likeness (QED) is 0.0323. The third-order valence-corrected chi connectivity index (χ3v) is 11.8. The fraction of sp³-hybridized carbons (Fsp3) is 0.885. The number of hydrogen-bond acceptors (Lipinski definition) is 5. The van der Waals surface area contributed by atoms with Gasteiger partial charge in [-0.15, -0.1) is 0 Å². The summed E-state index contributed by atoms with van der Waals surface area (Å²) < 4.78 is 5.92. The Labute approximate surface area is 361 Å². The maximum Gasteiger partial charge on any atom is 0.306 e. The van der Waals surface area contributed by atoms with E-state index >= 15 is 0 Å². The Bertz CT molecular complexity index is 919. The Balaban J connectivity index is 4.50. The zero-order chi connectivity index (χ0) is 42.4. The van der Waals surface area contributed by atoms with Crippen molar-refractivity contribution in [1.82, 2.24) is 5.32 Å². The maximum atomic E-state index is 13.2. The summed E-state index contributed by atoms with van der Waals surface area (Å²) in [7, 11) is 0. The molecule has 0 aliphatic carbocycles. The van der Waals surface area contributed by atoms with E-state index in [9.17, 15) is 19.8 Å². The number of allylic oxidation sites excluding steroid dienone is 4. The van der Waals surface area contributed by atoms with Crippen LogP contribution in [0.2, 0.25) is 0 Å². The lowest BCUT2D eigenvalue weighted by Gasteiger charge is -2.24. The van der Waals surface area contributed by atoms with Crippen LogP contribution in [0.25, 0.3) is 0 Å². The molecule has 3 atom stereocenters. The van der Waals surface area contributed by atoms with E-state index in [4.69, 9.17) is 4.74 Å². The van der Waals surface area contributed by atoms with Crippen LogP contribution < -0.4 is 5.32 Å². The highest BCUT2D eigenvalue weighted by molar-refractivity contribution is 5.77. The first-order valence-electron chi connectivity index (χ1n) is 25.6. The second-order valence-corrected chi connectivity index (χ2v) is 17.5. The average Bonchev–Trinajstić information content (AvgIpc) is 3.22. The van der Waals surface area contributed by atoms with Gasteiger partial charge < -0.3 is 20.3 Å². The largest absolute Gasteiger partial charge is 0.462 e. The fourth-order valence-electron chi connectivity index (χ4n) is 7.94. The Morgan fingerprint density at radius 1 is 0.517 bits per heavy atom. The molecule has 0 aromatic rings. The molecule has 0 saturated heterocycles. The van der Waals surface area contributed by atoms with Crippen molar-refractivity contribution in [2.45, 2.75) is 289 Å². The van der Waals surface area contributed by atoms with Crippen LogP contribution in [0.3, 0.4) is 0 Å².